The normalized spacial score (nSPS) is 17.9. The van der Waals surface area contributed by atoms with Gasteiger partial charge in [-0.1, -0.05) is 49.4 Å². The highest BCUT2D eigenvalue weighted by Gasteiger charge is 2.33. The molecule has 1 aliphatic rings. The number of urea groups is 1. The maximum absolute atomic E-state index is 12.3. The number of amides is 2. The van der Waals surface area contributed by atoms with Crippen LogP contribution in [0.15, 0.2) is 42.5 Å². The van der Waals surface area contributed by atoms with Crippen LogP contribution in [0.2, 0.25) is 0 Å². The number of aliphatic hydroxyl groups excluding tert-OH is 1. The Bertz CT molecular complexity index is 749. The summed E-state index contributed by atoms with van der Waals surface area (Å²) in [5, 5.41) is 24.8. The quantitative estimate of drug-likeness (QED) is 0.771. The summed E-state index contributed by atoms with van der Waals surface area (Å²) in [4.78, 5) is 14.1. The van der Waals surface area contributed by atoms with E-state index in [0.717, 1.165) is 6.42 Å². The minimum absolute atomic E-state index is 0.0882. The molecular weight excluding hydrogens is 328 g/mol. The van der Waals surface area contributed by atoms with E-state index in [1.54, 1.807) is 4.90 Å². The fraction of sp³-hybridized carbons (Fsp3) is 0.476. The molecule has 1 aliphatic heterocycles. The summed E-state index contributed by atoms with van der Waals surface area (Å²) in [5.74, 6) is 0.323. The molecule has 5 heteroatoms. The molecule has 26 heavy (non-hydrogen) atoms. The van der Waals surface area contributed by atoms with Gasteiger partial charge < -0.3 is 20.4 Å². The van der Waals surface area contributed by atoms with Gasteiger partial charge in [-0.15, -0.1) is 0 Å². The zero-order valence-electron chi connectivity index (χ0n) is 15.3. The fourth-order valence-electron chi connectivity index (χ4n) is 3.58. The van der Waals surface area contributed by atoms with Crippen molar-refractivity contribution in [3.05, 3.63) is 48.0 Å². The molecule has 0 bridgehead atoms. The Labute approximate surface area is 154 Å². The van der Waals surface area contributed by atoms with Gasteiger partial charge in [-0.25, -0.2) is 4.79 Å². The van der Waals surface area contributed by atoms with E-state index in [-0.39, 0.29) is 12.6 Å². The predicted octanol–water partition coefficient (Wildman–Crippen LogP) is 2.55. The van der Waals surface area contributed by atoms with Gasteiger partial charge in [0.1, 0.15) is 0 Å². The molecule has 0 radical (unpaired) electrons. The predicted molar refractivity (Wildman–Crippen MR) is 103 cm³/mol. The van der Waals surface area contributed by atoms with Crippen molar-refractivity contribution in [2.24, 2.45) is 5.92 Å². The number of carbonyl (C=O) groups excluding carboxylic acids is 1. The van der Waals surface area contributed by atoms with Gasteiger partial charge in [0.05, 0.1) is 12.2 Å². The summed E-state index contributed by atoms with van der Waals surface area (Å²) in [6.07, 6.45) is 1.75. The van der Waals surface area contributed by atoms with Gasteiger partial charge in [0.25, 0.3) is 0 Å². The van der Waals surface area contributed by atoms with Gasteiger partial charge in [0.2, 0.25) is 0 Å². The molecule has 1 saturated heterocycles. The summed E-state index contributed by atoms with van der Waals surface area (Å²) in [7, 11) is 0. The lowest BCUT2D eigenvalue weighted by molar-refractivity contribution is -0.0526. The number of aliphatic hydroxyl groups is 2. The third kappa shape index (κ3) is 4.34. The maximum atomic E-state index is 12.3. The number of benzene rings is 2. The molecule has 3 N–H and O–H groups in total. The van der Waals surface area contributed by atoms with Crippen molar-refractivity contribution in [2.45, 2.75) is 31.8 Å². The standard InChI is InChI=1S/C21H28N2O3/c1-16(13-18-7-4-6-17-5-2-3-8-19(17)18)14-22-20(25)23-11-9-21(26,15-24)10-12-23/h2-8,16,24,26H,9-15H2,1H3,(H,22,25)/t16-/m0/s1. The van der Waals surface area contributed by atoms with Crippen LogP contribution in [0.4, 0.5) is 4.79 Å². The highest BCUT2D eigenvalue weighted by atomic mass is 16.3. The summed E-state index contributed by atoms with van der Waals surface area (Å²) in [5.41, 5.74) is 0.272. The first-order chi connectivity index (χ1) is 12.5. The number of rotatable bonds is 5. The smallest absolute Gasteiger partial charge is 0.317 e. The van der Waals surface area contributed by atoms with Gasteiger partial charge in [-0.05, 0) is 41.5 Å². The van der Waals surface area contributed by atoms with Gasteiger partial charge in [-0.3, -0.25) is 0 Å². The van der Waals surface area contributed by atoms with Gasteiger partial charge in [-0.2, -0.15) is 0 Å². The third-order valence-corrected chi connectivity index (χ3v) is 5.33. The Kier molecular flexibility index (Phi) is 5.79. The van der Waals surface area contributed by atoms with Crippen molar-refractivity contribution in [2.75, 3.05) is 26.2 Å². The number of fused-ring (bicyclic) bond motifs is 1. The number of nitrogens with zero attached hydrogens (tertiary/aromatic N) is 1. The first-order valence-corrected chi connectivity index (χ1v) is 9.33. The van der Waals surface area contributed by atoms with Crippen molar-refractivity contribution in [1.82, 2.24) is 10.2 Å². The molecule has 0 spiro atoms. The van der Waals surface area contributed by atoms with Crippen molar-refractivity contribution < 1.29 is 15.0 Å². The molecule has 2 aromatic carbocycles. The van der Waals surface area contributed by atoms with Crippen LogP contribution in [-0.2, 0) is 6.42 Å². The van der Waals surface area contributed by atoms with E-state index in [1.807, 2.05) is 6.07 Å². The van der Waals surface area contributed by atoms with Crippen LogP contribution in [0.25, 0.3) is 10.8 Å². The van der Waals surface area contributed by atoms with Gasteiger partial charge in [0.15, 0.2) is 0 Å². The van der Waals surface area contributed by atoms with Crippen LogP contribution < -0.4 is 5.32 Å². The van der Waals surface area contributed by atoms with Crippen LogP contribution in [0, 0.1) is 5.92 Å². The van der Waals surface area contributed by atoms with E-state index < -0.39 is 5.60 Å². The van der Waals surface area contributed by atoms with Crippen LogP contribution in [0.5, 0.6) is 0 Å². The molecule has 1 atom stereocenters. The molecule has 3 rings (SSSR count). The van der Waals surface area contributed by atoms with Crippen LogP contribution in [0.1, 0.15) is 25.3 Å². The molecule has 0 aliphatic carbocycles. The first-order valence-electron chi connectivity index (χ1n) is 9.33. The monoisotopic (exact) mass is 356 g/mol. The largest absolute Gasteiger partial charge is 0.393 e. The van der Waals surface area contributed by atoms with Crippen molar-refractivity contribution in [3.8, 4) is 0 Å². The molecule has 1 fully saturated rings. The summed E-state index contributed by atoms with van der Waals surface area (Å²) >= 11 is 0. The number of carbonyl (C=O) groups is 1. The lowest BCUT2D eigenvalue weighted by atomic mass is 9.92. The number of nitrogens with one attached hydrogen (secondary N) is 1. The minimum Gasteiger partial charge on any atom is -0.393 e. The number of hydrogen-bond donors (Lipinski definition) is 3. The summed E-state index contributed by atoms with van der Waals surface area (Å²) in [6.45, 7) is 3.46. The molecule has 5 nitrogen and oxygen atoms in total. The second kappa shape index (κ2) is 8.06. The SMILES string of the molecule is C[C@H](CNC(=O)N1CCC(O)(CO)CC1)Cc1cccc2ccccc12. The highest BCUT2D eigenvalue weighted by Crippen LogP contribution is 2.22. The highest BCUT2D eigenvalue weighted by molar-refractivity contribution is 5.85. The van der Waals surface area contributed by atoms with Crippen molar-refractivity contribution in [1.29, 1.82) is 0 Å². The number of hydrogen-bond acceptors (Lipinski definition) is 3. The molecule has 2 aromatic rings. The Balaban J connectivity index is 1.51. The molecule has 140 valence electrons. The Morgan fingerprint density at radius 2 is 1.88 bits per heavy atom. The van der Waals surface area contributed by atoms with E-state index in [2.05, 4.69) is 48.6 Å². The zero-order chi connectivity index (χ0) is 18.6. The topological polar surface area (TPSA) is 72.8 Å². The summed E-state index contributed by atoms with van der Waals surface area (Å²) in [6, 6.07) is 14.6. The van der Waals surface area contributed by atoms with Crippen molar-refractivity contribution in [3.63, 3.8) is 0 Å². The lowest BCUT2D eigenvalue weighted by Gasteiger charge is -2.37. The maximum Gasteiger partial charge on any atom is 0.317 e. The summed E-state index contributed by atoms with van der Waals surface area (Å²) < 4.78 is 0. The van der Waals surface area contributed by atoms with Gasteiger partial charge in [0, 0.05) is 19.6 Å². The zero-order valence-corrected chi connectivity index (χ0v) is 15.3. The minimum atomic E-state index is -1.03. The Morgan fingerprint density at radius 3 is 2.62 bits per heavy atom. The van der Waals surface area contributed by atoms with E-state index >= 15 is 0 Å². The third-order valence-electron chi connectivity index (χ3n) is 5.33. The average Bonchev–Trinajstić information content (AvgIpc) is 2.67. The van der Waals surface area contributed by atoms with Crippen LogP contribution in [-0.4, -0.2) is 53.0 Å². The molecule has 0 aromatic heterocycles. The van der Waals surface area contributed by atoms with Crippen LogP contribution >= 0.6 is 0 Å². The average molecular weight is 356 g/mol. The fourth-order valence-corrected chi connectivity index (χ4v) is 3.58. The van der Waals surface area contributed by atoms with Crippen molar-refractivity contribution >= 4 is 16.8 Å². The molecular formula is C21H28N2O3. The van der Waals surface area contributed by atoms with E-state index in [9.17, 15) is 15.0 Å². The van der Waals surface area contributed by atoms with E-state index in [0.29, 0.717) is 38.4 Å². The number of piperidine rings is 1. The first kappa shape index (κ1) is 18.7. The Hall–Kier alpha value is -2.11. The molecule has 2 amide bonds. The molecule has 0 saturated carbocycles. The second-order valence-electron chi connectivity index (χ2n) is 7.50. The molecule has 0 unspecified atom stereocenters. The molecule has 1 heterocycles. The second-order valence-corrected chi connectivity index (χ2v) is 7.50. The van der Waals surface area contributed by atoms with E-state index in [1.165, 1.54) is 16.3 Å². The Morgan fingerprint density at radius 1 is 1.19 bits per heavy atom. The lowest BCUT2D eigenvalue weighted by Crippen LogP contribution is -2.51. The number of likely N-dealkylation sites (tertiary alicyclic amines) is 1. The van der Waals surface area contributed by atoms with Crippen LogP contribution in [0.3, 0.4) is 0 Å². The van der Waals surface area contributed by atoms with Gasteiger partial charge >= 0.3 is 6.03 Å². The van der Waals surface area contributed by atoms with E-state index in [4.69, 9.17) is 0 Å².